The van der Waals surface area contributed by atoms with Crippen molar-refractivity contribution >= 4 is 33.0 Å². The topological polar surface area (TPSA) is 66.0 Å². The molecule has 0 amide bonds. The van der Waals surface area contributed by atoms with Gasteiger partial charge >= 0.3 is 0 Å². The van der Waals surface area contributed by atoms with Crippen LogP contribution in [0.3, 0.4) is 0 Å². The van der Waals surface area contributed by atoms with Crippen LogP contribution in [0.25, 0.3) is 11.2 Å². The Balaban J connectivity index is 2.50. The van der Waals surface area contributed by atoms with E-state index in [0.717, 1.165) is 28.5 Å². The number of aromatic nitrogens is 3. The van der Waals surface area contributed by atoms with E-state index in [1.54, 1.807) is 13.3 Å². The van der Waals surface area contributed by atoms with Gasteiger partial charge in [0.1, 0.15) is 5.52 Å². The van der Waals surface area contributed by atoms with Crippen LogP contribution in [0.5, 0.6) is 0 Å². The number of halogens is 1. The Morgan fingerprint density at radius 2 is 2.33 bits per heavy atom. The predicted molar refractivity (Wildman–Crippen MR) is 75.5 cm³/mol. The normalized spacial score (nSPS) is 13.1. The van der Waals surface area contributed by atoms with Gasteiger partial charge in [0.05, 0.1) is 12.6 Å². The number of nitrogens with two attached hydrogens (primary N) is 1. The third-order valence-corrected chi connectivity index (χ3v) is 3.30. The summed E-state index contributed by atoms with van der Waals surface area (Å²) in [5.41, 5.74) is 7.62. The van der Waals surface area contributed by atoms with Gasteiger partial charge in [0.25, 0.3) is 0 Å². The molecule has 6 heteroatoms. The third kappa shape index (κ3) is 2.49. The molecule has 2 N–H and O–H groups in total. The highest BCUT2D eigenvalue weighted by atomic mass is 79.9. The van der Waals surface area contributed by atoms with Crippen LogP contribution in [0.2, 0.25) is 0 Å². The lowest BCUT2D eigenvalue weighted by molar-refractivity contribution is 0.152. The van der Waals surface area contributed by atoms with Gasteiger partial charge in [0.2, 0.25) is 5.95 Å². The quantitative estimate of drug-likeness (QED) is 0.922. The van der Waals surface area contributed by atoms with Crippen LogP contribution in [-0.2, 0) is 4.74 Å². The van der Waals surface area contributed by atoms with E-state index in [1.165, 1.54) is 0 Å². The molecule has 0 aromatic carbocycles. The first-order chi connectivity index (χ1) is 8.67. The lowest BCUT2D eigenvalue weighted by Gasteiger charge is -2.18. The van der Waals surface area contributed by atoms with Gasteiger partial charge in [0, 0.05) is 17.8 Å². The fourth-order valence-corrected chi connectivity index (χ4v) is 2.47. The van der Waals surface area contributed by atoms with Crippen molar-refractivity contribution in [3.05, 3.63) is 16.7 Å². The average molecular weight is 313 g/mol. The average Bonchev–Trinajstić information content (AvgIpc) is 2.64. The molecular weight excluding hydrogens is 296 g/mol. The first-order valence-electron chi connectivity index (χ1n) is 5.95. The van der Waals surface area contributed by atoms with Gasteiger partial charge in [-0.15, -0.1) is 0 Å². The number of hydrogen-bond acceptors (Lipinski definition) is 4. The Bertz CT molecular complexity index is 534. The first kappa shape index (κ1) is 13.3. The van der Waals surface area contributed by atoms with Crippen molar-refractivity contribution in [2.45, 2.75) is 25.8 Å². The minimum Gasteiger partial charge on any atom is -0.383 e. The van der Waals surface area contributed by atoms with Gasteiger partial charge in [-0.05, 0) is 28.4 Å². The Hall–Kier alpha value is -1.14. The van der Waals surface area contributed by atoms with Gasteiger partial charge in [-0.1, -0.05) is 13.3 Å². The molecule has 0 saturated carbocycles. The number of pyridine rings is 1. The lowest BCUT2D eigenvalue weighted by atomic mass is 10.2. The van der Waals surface area contributed by atoms with Crippen molar-refractivity contribution in [1.82, 2.24) is 14.5 Å². The van der Waals surface area contributed by atoms with Crippen LogP contribution in [0.15, 0.2) is 16.7 Å². The highest BCUT2D eigenvalue weighted by Crippen LogP contribution is 2.26. The molecule has 98 valence electrons. The van der Waals surface area contributed by atoms with Gasteiger partial charge in [-0.3, -0.25) is 4.57 Å². The van der Waals surface area contributed by atoms with Crippen LogP contribution in [0.4, 0.5) is 5.95 Å². The number of nitrogens with zero attached hydrogens (tertiary/aromatic N) is 3. The van der Waals surface area contributed by atoms with Crippen molar-refractivity contribution in [1.29, 1.82) is 0 Å². The Morgan fingerprint density at radius 1 is 1.56 bits per heavy atom. The molecule has 2 aromatic rings. The standard InChI is InChI=1S/C12H17BrN4O/c1-3-4-9(7-18-2)17-11-10(16-12(17)14)5-8(13)6-15-11/h5-6,9H,3-4,7H2,1-2H3,(H2,14,16). The Kier molecular flexibility index (Phi) is 4.19. The molecule has 0 radical (unpaired) electrons. The molecule has 2 aromatic heterocycles. The molecule has 0 fully saturated rings. The number of imidazole rings is 1. The van der Waals surface area contributed by atoms with Crippen LogP contribution in [-0.4, -0.2) is 28.3 Å². The van der Waals surface area contributed by atoms with E-state index >= 15 is 0 Å². The van der Waals surface area contributed by atoms with Gasteiger partial charge in [0.15, 0.2) is 5.65 Å². The molecule has 1 atom stereocenters. The summed E-state index contributed by atoms with van der Waals surface area (Å²) in [6.07, 6.45) is 3.81. The zero-order valence-electron chi connectivity index (χ0n) is 10.6. The van der Waals surface area contributed by atoms with E-state index in [4.69, 9.17) is 10.5 Å². The van der Waals surface area contributed by atoms with E-state index in [9.17, 15) is 0 Å². The van der Waals surface area contributed by atoms with Crippen molar-refractivity contribution in [2.24, 2.45) is 0 Å². The summed E-state index contributed by atoms with van der Waals surface area (Å²) in [6.45, 7) is 2.75. The van der Waals surface area contributed by atoms with Crippen LogP contribution in [0, 0.1) is 0 Å². The summed E-state index contributed by atoms with van der Waals surface area (Å²) >= 11 is 3.39. The van der Waals surface area contributed by atoms with E-state index in [2.05, 4.69) is 32.8 Å². The lowest BCUT2D eigenvalue weighted by Crippen LogP contribution is -2.17. The molecule has 0 aliphatic rings. The molecule has 1 unspecified atom stereocenters. The first-order valence-corrected chi connectivity index (χ1v) is 6.74. The number of ether oxygens (including phenoxy) is 1. The molecule has 18 heavy (non-hydrogen) atoms. The Morgan fingerprint density at radius 3 is 3.00 bits per heavy atom. The van der Waals surface area contributed by atoms with Crippen LogP contribution < -0.4 is 5.73 Å². The zero-order chi connectivity index (χ0) is 13.1. The highest BCUT2D eigenvalue weighted by molar-refractivity contribution is 9.10. The number of anilines is 1. The Labute approximate surface area is 114 Å². The monoisotopic (exact) mass is 312 g/mol. The maximum absolute atomic E-state index is 6.01. The van der Waals surface area contributed by atoms with E-state index in [-0.39, 0.29) is 6.04 Å². The molecular formula is C12H17BrN4O. The molecule has 5 nitrogen and oxygen atoms in total. The third-order valence-electron chi connectivity index (χ3n) is 2.87. The van der Waals surface area contributed by atoms with Crippen molar-refractivity contribution in [3.63, 3.8) is 0 Å². The van der Waals surface area contributed by atoms with Crippen molar-refractivity contribution < 1.29 is 4.74 Å². The maximum Gasteiger partial charge on any atom is 0.202 e. The summed E-state index contributed by atoms with van der Waals surface area (Å²) in [5.74, 6) is 0.492. The molecule has 0 aliphatic carbocycles. The molecule has 0 aliphatic heterocycles. The summed E-state index contributed by atoms with van der Waals surface area (Å²) in [6, 6.07) is 2.10. The molecule has 0 spiro atoms. The summed E-state index contributed by atoms with van der Waals surface area (Å²) in [7, 11) is 1.70. The second-order valence-corrected chi connectivity index (χ2v) is 5.15. The highest BCUT2D eigenvalue weighted by Gasteiger charge is 2.18. The smallest absolute Gasteiger partial charge is 0.202 e. The van der Waals surface area contributed by atoms with Crippen molar-refractivity contribution in [2.75, 3.05) is 19.5 Å². The number of fused-ring (bicyclic) bond motifs is 1. The largest absolute Gasteiger partial charge is 0.383 e. The van der Waals surface area contributed by atoms with Crippen molar-refractivity contribution in [3.8, 4) is 0 Å². The molecule has 2 rings (SSSR count). The summed E-state index contributed by atoms with van der Waals surface area (Å²) in [5, 5.41) is 0. The van der Waals surface area contributed by atoms with E-state index in [0.29, 0.717) is 12.6 Å². The minimum atomic E-state index is 0.179. The van der Waals surface area contributed by atoms with Crippen LogP contribution in [0.1, 0.15) is 25.8 Å². The number of nitrogen functional groups attached to an aromatic ring is 1. The SMILES string of the molecule is CCCC(COC)n1c(N)nc2cc(Br)cnc21. The number of hydrogen-bond donors (Lipinski definition) is 1. The summed E-state index contributed by atoms with van der Waals surface area (Å²) < 4.78 is 8.14. The van der Waals surface area contributed by atoms with Gasteiger partial charge in [-0.2, -0.15) is 0 Å². The van der Waals surface area contributed by atoms with Crippen LogP contribution >= 0.6 is 15.9 Å². The molecule has 0 saturated heterocycles. The number of rotatable bonds is 5. The van der Waals surface area contributed by atoms with Gasteiger partial charge < -0.3 is 10.5 Å². The predicted octanol–water partition coefficient (Wildman–Crippen LogP) is 2.76. The second-order valence-electron chi connectivity index (χ2n) is 4.23. The van der Waals surface area contributed by atoms with E-state index in [1.807, 2.05) is 10.6 Å². The molecule has 0 bridgehead atoms. The fourth-order valence-electron chi connectivity index (χ4n) is 2.15. The fraction of sp³-hybridized carbons (Fsp3) is 0.500. The molecule has 2 heterocycles. The zero-order valence-corrected chi connectivity index (χ0v) is 12.1. The van der Waals surface area contributed by atoms with Gasteiger partial charge in [-0.25, -0.2) is 9.97 Å². The minimum absolute atomic E-state index is 0.179. The second kappa shape index (κ2) is 5.67. The maximum atomic E-state index is 6.01. The number of methoxy groups -OCH3 is 1. The summed E-state index contributed by atoms with van der Waals surface area (Å²) in [4.78, 5) is 8.76. The van der Waals surface area contributed by atoms with E-state index < -0.39 is 0 Å².